The maximum atomic E-state index is 13.1. The van der Waals surface area contributed by atoms with Gasteiger partial charge in [-0.3, -0.25) is 4.79 Å². The predicted octanol–water partition coefficient (Wildman–Crippen LogP) is 1.75. The Bertz CT molecular complexity index is 918. The summed E-state index contributed by atoms with van der Waals surface area (Å²) in [5.74, 6) is -0.962. The summed E-state index contributed by atoms with van der Waals surface area (Å²) in [7, 11) is -2.57. The van der Waals surface area contributed by atoms with Crippen LogP contribution < -0.4 is 10.0 Å². The molecule has 1 fully saturated rings. The molecule has 0 radical (unpaired) electrons. The summed E-state index contributed by atoms with van der Waals surface area (Å²) in [6, 6.07) is 9.81. The first-order valence-corrected chi connectivity index (χ1v) is 9.31. The number of benzene rings is 2. The van der Waals surface area contributed by atoms with E-state index in [-0.39, 0.29) is 12.2 Å². The molecule has 138 valence electrons. The Morgan fingerprint density at radius 2 is 1.96 bits per heavy atom. The number of halogens is 1. The van der Waals surface area contributed by atoms with Gasteiger partial charge in [-0.25, -0.2) is 4.39 Å². The summed E-state index contributed by atoms with van der Waals surface area (Å²) in [6.45, 7) is 0. The lowest BCUT2D eigenvalue weighted by molar-refractivity contribution is -0.120. The number of phenols is 1. The second-order valence-electron chi connectivity index (χ2n) is 6.03. The first-order chi connectivity index (χ1) is 12.3. The van der Waals surface area contributed by atoms with E-state index < -0.39 is 34.0 Å². The van der Waals surface area contributed by atoms with E-state index in [1.54, 1.807) is 12.1 Å². The second kappa shape index (κ2) is 7.02. The molecule has 3 rings (SSSR count). The quantitative estimate of drug-likeness (QED) is 0.757. The molecule has 0 aromatic heterocycles. The van der Waals surface area contributed by atoms with Gasteiger partial charge < -0.3 is 10.4 Å². The van der Waals surface area contributed by atoms with Gasteiger partial charge in [-0.15, -0.1) is 0 Å². The third-order valence-electron chi connectivity index (χ3n) is 4.26. The fourth-order valence-electron chi connectivity index (χ4n) is 2.83. The summed E-state index contributed by atoms with van der Waals surface area (Å²) >= 11 is 0. The molecule has 0 unspecified atom stereocenters. The van der Waals surface area contributed by atoms with Gasteiger partial charge in [-0.2, -0.15) is 17.4 Å². The summed E-state index contributed by atoms with van der Waals surface area (Å²) in [5.41, 5.74) is 0.927. The summed E-state index contributed by atoms with van der Waals surface area (Å²) in [5, 5.41) is 12.1. The van der Waals surface area contributed by atoms with Crippen molar-refractivity contribution in [3.63, 3.8) is 0 Å². The van der Waals surface area contributed by atoms with Crippen molar-refractivity contribution in [3.8, 4) is 5.75 Å². The monoisotopic (exact) mass is 379 g/mol. The lowest BCUT2D eigenvalue weighted by Gasteiger charge is -2.36. The third kappa shape index (κ3) is 3.85. The van der Waals surface area contributed by atoms with Crippen LogP contribution in [0.2, 0.25) is 0 Å². The van der Waals surface area contributed by atoms with Gasteiger partial charge in [0.1, 0.15) is 17.6 Å². The number of hydrogen-bond acceptors (Lipinski definition) is 4. The first kappa shape index (κ1) is 18.3. The van der Waals surface area contributed by atoms with E-state index in [2.05, 4.69) is 10.0 Å². The Balaban J connectivity index is 1.84. The van der Waals surface area contributed by atoms with Gasteiger partial charge in [0, 0.05) is 24.8 Å². The number of nitrogens with one attached hydrogen (secondary N) is 2. The molecule has 0 bridgehead atoms. The van der Waals surface area contributed by atoms with Crippen molar-refractivity contribution in [3.05, 3.63) is 59.9 Å². The van der Waals surface area contributed by atoms with E-state index in [1.807, 2.05) is 0 Å². The number of carbonyl (C=O) groups is 1. The van der Waals surface area contributed by atoms with Gasteiger partial charge in [-0.05, 0) is 36.2 Å². The number of hydrogen-bond donors (Lipinski definition) is 3. The SMILES string of the molecule is CN1[C@@H](C(=O)Nc2cccc(O)c2)C[C@@H](c2ccc(F)cc2)NS1(=O)=O. The highest BCUT2D eigenvalue weighted by Crippen LogP contribution is 2.28. The predicted molar refractivity (Wildman–Crippen MR) is 94.1 cm³/mol. The van der Waals surface area contributed by atoms with Crippen LogP contribution in [-0.4, -0.2) is 36.8 Å². The Labute approximate surface area is 150 Å². The molecular weight excluding hydrogens is 361 g/mol. The van der Waals surface area contributed by atoms with Gasteiger partial charge in [-0.1, -0.05) is 18.2 Å². The highest BCUT2D eigenvalue weighted by atomic mass is 32.2. The summed E-state index contributed by atoms with van der Waals surface area (Å²) in [6.07, 6.45) is 0.173. The lowest BCUT2D eigenvalue weighted by atomic mass is 9.99. The van der Waals surface area contributed by atoms with E-state index in [4.69, 9.17) is 0 Å². The van der Waals surface area contributed by atoms with E-state index in [1.165, 1.54) is 43.4 Å². The van der Waals surface area contributed by atoms with Gasteiger partial charge in [0.15, 0.2) is 0 Å². The molecule has 1 saturated heterocycles. The van der Waals surface area contributed by atoms with Crippen LogP contribution in [0.3, 0.4) is 0 Å². The van der Waals surface area contributed by atoms with Crippen LogP contribution in [0.5, 0.6) is 5.75 Å². The maximum absolute atomic E-state index is 13.1. The molecule has 1 aliphatic heterocycles. The van der Waals surface area contributed by atoms with Crippen molar-refractivity contribution in [1.29, 1.82) is 0 Å². The smallest absolute Gasteiger partial charge is 0.280 e. The molecule has 9 heteroatoms. The van der Waals surface area contributed by atoms with Crippen LogP contribution in [0.25, 0.3) is 0 Å². The topological polar surface area (TPSA) is 98.7 Å². The van der Waals surface area contributed by atoms with Crippen LogP contribution in [0.1, 0.15) is 18.0 Å². The number of amides is 1. The van der Waals surface area contributed by atoms with Crippen molar-refractivity contribution < 1.29 is 22.7 Å². The first-order valence-electron chi connectivity index (χ1n) is 7.87. The van der Waals surface area contributed by atoms with E-state index in [0.29, 0.717) is 11.3 Å². The summed E-state index contributed by atoms with van der Waals surface area (Å²) in [4.78, 5) is 12.6. The summed E-state index contributed by atoms with van der Waals surface area (Å²) < 4.78 is 41.3. The molecule has 1 amide bonds. The molecule has 2 aromatic carbocycles. The highest BCUT2D eigenvalue weighted by Gasteiger charge is 2.40. The Hall–Kier alpha value is -2.49. The van der Waals surface area contributed by atoms with Crippen LogP contribution in [0.4, 0.5) is 10.1 Å². The highest BCUT2D eigenvalue weighted by molar-refractivity contribution is 7.87. The number of aromatic hydroxyl groups is 1. The normalized spacial score (nSPS) is 22.7. The fourth-order valence-corrected chi connectivity index (χ4v) is 4.11. The van der Waals surface area contributed by atoms with E-state index in [9.17, 15) is 22.7 Å². The van der Waals surface area contributed by atoms with Gasteiger partial charge in [0.25, 0.3) is 10.2 Å². The molecule has 7 nitrogen and oxygen atoms in total. The lowest BCUT2D eigenvalue weighted by Crippen LogP contribution is -2.55. The number of nitrogens with zero attached hydrogens (tertiary/aromatic N) is 1. The van der Waals surface area contributed by atoms with Crippen molar-refractivity contribution in [2.45, 2.75) is 18.5 Å². The fraction of sp³-hybridized carbons (Fsp3) is 0.235. The molecule has 0 aliphatic carbocycles. The molecule has 1 aliphatic rings. The zero-order valence-electron chi connectivity index (χ0n) is 13.9. The minimum Gasteiger partial charge on any atom is -0.508 e. The van der Waals surface area contributed by atoms with Crippen molar-refractivity contribution >= 4 is 21.8 Å². The largest absolute Gasteiger partial charge is 0.508 e. The number of likely N-dealkylation sites (N-methyl/N-ethyl adjacent to an activating group) is 1. The third-order valence-corrected chi connectivity index (χ3v) is 5.85. The molecule has 26 heavy (non-hydrogen) atoms. The Morgan fingerprint density at radius 3 is 2.62 bits per heavy atom. The minimum atomic E-state index is -3.88. The second-order valence-corrected chi connectivity index (χ2v) is 7.80. The maximum Gasteiger partial charge on any atom is 0.280 e. The molecule has 3 N–H and O–H groups in total. The molecular formula is C17H18FN3O4S. The van der Waals surface area contributed by atoms with Crippen LogP contribution in [-0.2, 0) is 15.0 Å². The Morgan fingerprint density at radius 1 is 1.27 bits per heavy atom. The average Bonchev–Trinajstić information content (AvgIpc) is 2.57. The molecule has 0 spiro atoms. The van der Waals surface area contributed by atoms with E-state index in [0.717, 1.165) is 4.31 Å². The van der Waals surface area contributed by atoms with Crippen molar-refractivity contribution in [2.24, 2.45) is 0 Å². The van der Waals surface area contributed by atoms with Gasteiger partial charge in [0.05, 0.1) is 0 Å². The molecule has 2 atom stereocenters. The van der Waals surface area contributed by atoms with Crippen molar-refractivity contribution in [1.82, 2.24) is 9.03 Å². The van der Waals surface area contributed by atoms with Gasteiger partial charge in [0.2, 0.25) is 5.91 Å². The molecule has 2 aromatic rings. The average molecular weight is 379 g/mol. The number of anilines is 1. The standard InChI is InChI=1S/C17H18FN3O4S/c1-21-16(17(23)19-13-3-2-4-14(22)9-13)10-15(20-26(21,24)25)11-5-7-12(18)8-6-11/h2-9,15-16,20,22H,10H2,1H3,(H,19,23)/t15-,16+/m0/s1. The van der Waals surface area contributed by atoms with Crippen molar-refractivity contribution in [2.75, 3.05) is 12.4 Å². The van der Waals surface area contributed by atoms with Gasteiger partial charge >= 0.3 is 0 Å². The molecule has 0 saturated carbocycles. The minimum absolute atomic E-state index is 0.0155. The van der Waals surface area contributed by atoms with Crippen LogP contribution in [0, 0.1) is 5.82 Å². The zero-order chi connectivity index (χ0) is 18.9. The molecule has 1 heterocycles. The Kier molecular flexibility index (Phi) is 4.94. The van der Waals surface area contributed by atoms with Crippen LogP contribution >= 0.6 is 0 Å². The number of carbonyl (C=O) groups excluding carboxylic acids is 1. The van der Waals surface area contributed by atoms with Crippen LogP contribution in [0.15, 0.2) is 48.5 Å². The van der Waals surface area contributed by atoms with E-state index >= 15 is 0 Å². The number of phenolic OH excluding ortho intramolecular Hbond substituents is 1. The number of rotatable bonds is 3. The zero-order valence-corrected chi connectivity index (χ0v) is 14.7.